The first-order chi connectivity index (χ1) is 6.16. The highest BCUT2D eigenvalue weighted by Gasteiger charge is 2.32. The number of hydrogen-bond acceptors (Lipinski definition) is 5. The summed E-state index contributed by atoms with van der Waals surface area (Å²) >= 11 is 1.38. The molecule has 1 aliphatic rings. The molecule has 1 aromatic rings. The van der Waals surface area contributed by atoms with Gasteiger partial charge in [0.2, 0.25) is 5.13 Å². The third-order valence-electron chi connectivity index (χ3n) is 2.10. The Morgan fingerprint density at radius 2 is 2.54 bits per heavy atom. The first-order valence-electron chi connectivity index (χ1n) is 4.33. The van der Waals surface area contributed by atoms with Crippen molar-refractivity contribution in [1.82, 2.24) is 9.36 Å². The Bertz CT molecular complexity index is 273. The van der Waals surface area contributed by atoms with Crippen LogP contribution in [0.4, 0.5) is 5.13 Å². The van der Waals surface area contributed by atoms with E-state index in [2.05, 4.69) is 28.5 Å². The molecular weight excluding hydrogens is 186 g/mol. The summed E-state index contributed by atoms with van der Waals surface area (Å²) in [5.74, 6) is 0. The Kier molecular flexibility index (Phi) is 2.21. The fourth-order valence-corrected chi connectivity index (χ4v) is 2.05. The van der Waals surface area contributed by atoms with Crippen molar-refractivity contribution in [3.63, 3.8) is 0 Å². The van der Waals surface area contributed by atoms with Gasteiger partial charge < -0.3 is 10.1 Å². The second kappa shape index (κ2) is 3.23. The van der Waals surface area contributed by atoms with Gasteiger partial charge in [-0.25, -0.2) is 4.98 Å². The molecule has 0 aliphatic carbocycles. The molecule has 0 spiro atoms. The number of rotatable bonds is 2. The summed E-state index contributed by atoms with van der Waals surface area (Å²) in [5, 5.41) is 4.18. The summed E-state index contributed by atoms with van der Waals surface area (Å²) in [6.07, 6.45) is 2.58. The van der Waals surface area contributed by atoms with Gasteiger partial charge in [-0.1, -0.05) is 0 Å². The average molecular weight is 199 g/mol. The third-order valence-corrected chi connectivity index (χ3v) is 2.70. The summed E-state index contributed by atoms with van der Waals surface area (Å²) in [7, 11) is 0. The lowest BCUT2D eigenvalue weighted by Gasteiger charge is -2.15. The van der Waals surface area contributed by atoms with Crippen LogP contribution in [0, 0.1) is 0 Å². The van der Waals surface area contributed by atoms with E-state index in [4.69, 9.17) is 4.74 Å². The van der Waals surface area contributed by atoms with E-state index < -0.39 is 0 Å². The van der Waals surface area contributed by atoms with Gasteiger partial charge >= 0.3 is 0 Å². The Morgan fingerprint density at radius 1 is 1.69 bits per heavy atom. The molecule has 1 saturated heterocycles. The minimum Gasteiger partial charge on any atom is -0.373 e. The van der Waals surface area contributed by atoms with Crippen LogP contribution in [0.25, 0.3) is 0 Å². The maximum atomic E-state index is 5.60. The Hall–Kier alpha value is -0.680. The Balaban J connectivity index is 1.91. The van der Waals surface area contributed by atoms with Gasteiger partial charge in [-0.2, -0.15) is 4.37 Å². The summed E-state index contributed by atoms with van der Waals surface area (Å²) in [6, 6.07) is 0.378. The van der Waals surface area contributed by atoms with Crippen molar-refractivity contribution in [2.45, 2.75) is 31.9 Å². The standard InChI is InChI=1S/C8H13N3OS/c1-8(2)3-6(4-12-8)11-7-9-5-10-13-7/h5-6H,3-4H2,1-2H3,(H,9,10,11). The molecule has 1 aromatic heterocycles. The van der Waals surface area contributed by atoms with Gasteiger partial charge in [0.15, 0.2) is 0 Å². The van der Waals surface area contributed by atoms with Crippen molar-refractivity contribution in [2.75, 3.05) is 11.9 Å². The van der Waals surface area contributed by atoms with Crippen LogP contribution < -0.4 is 5.32 Å². The number of nitrogens with one attached hydrogen (secondary N) is 1. The maximum absolute atomic E-state index is 5.60. The number of ether oxygens (including phenoxy) is 1. The van der Waals surface area contributed by atoms with Crippen LogP contribution in [0.2, 0.25) is 0 Å². The van der Waals surface area contributed by atoms with Gasteiger partial charge in [0.25, 0.3) is 0 Å². The molecule has 0 bridgehead atoms. The number of aromatic nitrogens is 2. The lowest BCUT2D eigenvalue weighted by atomic mass is 10.0. The third kappa shape index (κ3) is 2.16. The van der Waals surface area contributed by atoms with E-state index in [0.29, 0.717) is 6.04 Å². The quantitative estimate of drug-likeness (QED) is 0.784. The van der Waals surface area contributed by atoms with Crippen molar-refractivity contribution in [3.8, 4) is 0 Å². The highest BCUT2D eigenvalue weighted by atomic mass is 32.1. The van der Waals surface area contributed by atoms with E-state index >= 15 is 0 Å². The van der Waals surface area contributed by atoms with E-state index in [1.54, 1.807) is 6.33 Å². The second-order valence-corrected chi connectivity index (χ2v) is 4.64. The minimum absolute atomic E-state index is 0.00234. The van der Waals surface area contributed by atoms with Crippen molar-refractivity contribution in [3.05, 3.63) is 6.33 Å². The smallest absolute Gasteiger partial charge is 0.202 e. The molecular formula is C8H13N3OS. The first kappa shape index (κ1) is 8.90. The van der Waals surface area contributed by atoms with Crippen LogP contribution >= 0.6 is 11.5 Å². The monoisotopic (exact) mass is 199 g/mol. The van der Waals surface area contributed by atoms with Gasteiger partial charge in [-0.3, -0.25) is 0 Å². The fraction of sp³-hybridized carbons (Fsp3) is 0.750. The average Bonchev–Trinajstić information content (AvgIpc) is 2.61. The number of anilines is 1. The lowest BCUT2D eigenvalue weighted by Crippen LogP contribution is -2.22. The van der Waals surface area contributed by atoms with Crippen molar-refractivity contribution >= 4 is 16.7 Å². The molecule has 5 heteroatoms. The highest BCUT2D eigenvalue weighted by molar-refractivity contribution is 7.09. The van der Waals surface area contributed by atoms with E-state index in [1.807, 2.05) is 0 Å². The van der Waals surface area contributed by atoms with Gasteiger partial charge in [0, 0.05) is 11.5 Å². The summed E-state index contributed by atoms with van der Waals surface area (Å²) in [4.78, 5) is 4.07. The second-order valence-electron chi connectivity index (χ2n) is 3.86. The van der Waals surface area contributed by atoms with Crippen LogP contribution in [0.5, 0.6) is 0 Å². The molecule has 2 heterocycles. The Labute approximate surface area is 81.5 Å². The molecule has 4 nitrogen and oxygen atoms in total. The Morgan fingerprint density at radius 3 is 3.08 bits per heavy atom. The van der Waals surface area contributed by atoms with Crippen molar-refractivity contribution < 1.29 is 4.74 Å². The molecule has 0 amide bonds. The zero-order chi connectivity index (χ0) is 9.31. The van der Waals surface area contributed by atoms with E-state index in [9.17, 15) is 0 Å². The van der Waals surface area contributed by atoms with Crippen molar-refractivity contribution in [2.24, 2.45) is 0 Å². The zero-order valence-electron chi connectivity index (χ0n) is 7.78. The predicted octanol–water partition coefficient (Wildman–Crippen LogP) is 1.52. The molecule has 13 heavy (non-hydrogen) atoms. The van der Waals surface area contributed by atoms with Gasteiger partial charge in [-0.05, 0) is 20.3 Å². The van der Waals surface area contributed by atoms with E-state index in [-0.39, 0.29) is 5.60 Å². The largest absolute Gasteiger partial charge is 0.373 e. The van der Waals surface area contributed by atoms with Gasteiger partial charge in [0.1, 0.15) is 6.33 Å². The molecule has 1 atom stereocenters. The summed E-state index contributed by atoms with van der Waals surface area (Å²) < 4.78 is 9.52. The molecule has 1 aliphatic heterocycles. The summed E-state index contributed by atoms with van der Waals surface area (Å²) in [5.41, 5.74) is 0.00234. The van der Waals surface area contributed by atoms with Gasteiger partial charge in [0.05, 0.1) is 18.2 Å². The molecule has 72 valence electrons. The van der Waals surface area contributed by atoms with Crippen molar-refractivity contribution in [1.29, 1.82) is 0 Å². The topological polar surface area (TPSA) is 47.0 Å². The van der Waals surface area contributed by atoms with Crippen LogP contribution in [-0.4, -0.2) is 27.6 Å². The normalized spacial score (nSPS) is 26.2. The fourth-order valence-electron chi connectivity index (χ4n) is 1.54. The number of nitrogens with zero attached hydrogens (tertiary/aromatic N) is 2. The lowest BCUT2D eigenvalue weighted by molar-refractivity contribution is 0.0363. The van der Waals surface area contributed by atoms with Crippen LogP contribution in [0.1, 0.15) is 20.3 Å². The molecule has 0 radical (unpaired) electrons. The molecule has 1 N–H and O–H groups in total. The van der Waals surface area contributed by atoms with E-state index in [0.717, 1.165) is 18.2 Å². The molecule has 2 rings (SSSR count). The molecule has 1 fully saturated rings. The predicted molar refractivity (Wildman–Crippen MR) is 52.0 cm³/mol. The number of hydrogen-bond donors (Lipinski definition) is 1. The van der Waals surface area contributed by atoms with Crippen LogP contribution in [-0.2, 0) is 4.74 Å². The summed E-state index contributed by atoms with van der Waals surface area (Å²) in [6.45, 7) is 4.97. The SMILES string of the molecule is CC1(C)CC(Nc2ncns2)CO1. The minimum atomic E-state index is 0.00234. The zero-order valence-corrected chi connectivity index (χ0v) is 8.60. The van der Waals surface area contributed by atoms with Gasteiger partial charge in [-0.15, -0.1) is 0 Å². The first-order valence-corrected chi connectivity index (χ1v) is 5.10. The maximum Gasteiger partial charge on any atom is 0.202 e. The highest BCUT2D eigenvalue weighted by Crippen LogP contribution is 2.26. The molecule has 0 saturated carbocycles. The van der Waals surface area contributed by atoms with Crippen LogP contribution in [0.3, 0.4) is 0 Å². The molecule has 0 aromatic carbocycles. The van der Waals surface area contributed by atoms with Crippen LogP contribution in [0.15, 0.2) is 6.33 Å². The van der Waals surface area contributed by atoms with E-state index in [1.165, 1.54) is 11.5 Å². The molecule has 1 unspecified atom stereocenters.